The molecule has 2 aromatic carbocycles. The van der Waals surface area contributed by atoms with Gasteiger partial charge in [0.15, 0.2) is 0 Å². The Morgan fingerprint density at radius 2 is 1.83 bits per heavy atom. The van der Waals surface area contributed by atoms with Gasteiger partial charge in [0.25, 0.3) is 0 Å². The zero-order chi connectivity index (χ0) is 21.0. The van der Waals surface area contributed by atoms with E-state index < -0.39 is 10.0 Å². The molecular formula is C23H30N2O3S. The average Bonchev–Trinajstić information content (AvgIpc) is 2.69. The molecule has 0 spiro atoms. The SMILES string of the molecule is CC[C@H](NC(=O)CN(c1cccc(C)c1)S(C)(=O)=O)c1ccc2c(c1)CCCC2. The van der Waals surface area contributed by atoms with Crippen molar-refractivity contribution < 1.29 is 13.2 Å². The molecule has 0 aliphatic heterocycles. The number of anilines is 1. The Balaban J connectivity index is 1.76. The number of aryl methyl sites for hydroxylation is 3. The molecule has 1 amide bonds. The highest BCUT2D eigenvalue weighted by molar-refractivity contribution is 7.92. The van der Waals surface area contributed by atoms with E-state index in [0.717, 1.165) is 41.0 Å². The molecule has 0 unspecified atom stereocenters. The van der Waals surface area contributed by atoms with Gasteiger partial charge in [-0.05, 0) is 73.4 Å². The van der Waals surface area contributed by atoms with E-state index in [1.165, 1.54) is 24.0 Å². The van der Waals surface area contributed by atoms with Crippen molar-refractivity contribution in [1.82, 2.24) is 5.32 Å². The zero-order valence-corrected chi connectivity index (χ0v) is 18.3. The Labute approximate surface area is 174 Å². The van der Waals surface area contributed by atoms with Gasteiger partial charge in [0.05, 0.1) is 18.0 Å². The minimum Gasteiger partial charge on any atom is -0.348 e. The van der Waals surface area contributed by atoms with Gasteiger partial charge in [-0.1, -0.05) is 37.3 Å². The van der Waals surface area contributed by atoms with Crippen LogP contribution in [0.15, 0.2) is 42.5 Å². The van der Waals surface area contributed by atoms with Crippen LogP contribution in [0.4, 0.5) is 5.69 Å². The Morgan fingerprint density at radius 3 is 2.48 bits per heavy atom. The maximum Gasteiger partial charge on any atom is 0.241 e. The van der Waals surface area contributed by atoms with Crippen LogP contribution in [0.25, 0.3) is 0 Å². The molecular weight excluding hydrogens is 384 g/mol. The summed E-state index contributed by atoms with van der Waals surface area (Å²) in [4.78, 5) is 12.8. The summed E-state index contributed by atoms with van der Waals surface area (Å²) in [6.45, 7) is 3.69. The van der Waals surface area contributed by atoms with Gasteiger partial charge in [0.2, 0.25) is 15.9 Å². The lowest BCUT2D eigenvalue weighted by Gasteiger charge is -2.25. The summed E-state index contributed by atoms with van der Waals surface area (Å²) in [7, 11) is -3.58. The van der Waals surface area contributed by atoms with Gasteiger partial charge in [-0.2, -0.15) is 0 Å². The molecule has 0 saturated carbocycles. The molecule has 1 atom stereocenters. The van der Waals surface area contributed by atoms with Crippen LogP contribution in [0.1, 0.15) is 54.5 Å². The molecule has 6 heteroatoms. The summed E-state index contributed by atoms with van der Waals surface area (Å²) >= 11 is 0. The number of sulfonamides is 1. The quantitative estimate of drug-likeness (QED) is 0.747. The van der Waals surface area contributed by atoms with E-state index in [-0.39, 0.29) is 18.5 Å². The number of carbonyl (C=O) groups excluding carboxylic acids is 1. The number of carbonyl (C=O) groups is 1. The molecule has 0 saturated heterocycles. The van der Waals surface area contributed by atoms with Crippen LogP contribution in [0.5, 0.6) is 0 Å². The summed E-state index contributed by atoms with van der Waals surface area (Å²) in [5, 5.41) is 3.03. The van der Waals surface area contributed by atoms with E-state index in [2.05, 4.69) is 23.5 Å². The van der Waals surface area contributed by atoms with Crippen LogP contribution >= 0.6 is 0 Å². The second-order valence-corrected chi connectivity index (χ2v) is 9.78. The van der Waals surface area contributed by atoms with Crippen LogP contribution in [0, 0.1) is 6.92 Å². The van der Waals surface area contributed by atoms with Crippen molar-refractivity contribution in [2.45, 2.75) is 52.0 Å². The molecule has 0 fully saturated rings. The third-order valence-electron chi connectivity index (χ3n) is 5.50. The Morgan fingerprint density at radius 1 is 1.10 bits per heavy atom. The van der Waals surface area contributed by atoms with Gasteiger partial charge in [0, 0.05) is 0 Å². The van der Waals surface area contributed by atoms with Crippen molar-refractivity contribution in [3.8, 4) is 0 Å². The van der Waals surface area contributed by atoms with E-state index in [1.54, 1.807) is 18.2 Å². The predicted molar refractivity (Wildman–Crippen MR) is 118 cm³/mol. The van der Waals surface area contributed by atoms with Crippen molar-refractivity contribution in [2.75, 3.05) is 17.1 Å². The standard InChI is InChI=1S/C23H30N2O3S/c1-4-22(20-13-12-18-9-5-6-10-19(18)15-20)24-23(26)16-25(29(3,27)28)21-11-7-8-17(2)14-21/h7-8,11-15,22H,4-6,9-10,16H2,1-3H3,(H,24,26)/t22-/m0/s1. The van der Waals surface area contributed by atoms with E-state index in [1.807, 2.05) is 19.9 Å². The lowest BCUT2D eigenvalue weighted by Crippen LogP contribution is -2.41. The summed E-state index contributed by atoms with van der Waals surface area (Å²) in [5.41, 5.74) is 5.31. The van der Waals surface area contributed by atoms with Crippen molar-refractivity contribution in [3.63, 3.8) is 0 Å². The highest BCUT2D eigenvalue weighted by Gasteiger charge is 2.23. The number of amides is 1. The highest BCUT2D eigenvalue weighted by Crippen LogP contribution is 2.26. The van der Waals surface area contributed by atoms with Crippen LogP contribution < -0.4 is 9.62 Å². The first kappa shape index (κ1) is 21.4. The first-order chi connectivity index (χ1) is 13.8. The first-order valence-electron chi connectivity index (χ1n) is 10.2. The van der Waals surface area contributed by atoms with Gasteiger partial charge in [0.1, 0.15) is 6.54 Å². The number of fused-ring (bicyclic) bond motifs is 1. The summed E-state index contributed by atoms with van der Waals surface area (Å²) < 4.78 is 25.8. The van der Waals surface area contributed by atoms with Gasteiger partial charge < -0.3 is 5.32 Å². The molecule has 2 aromatic rings. The van der Waals surface area contributed by atoms with Gasteiger partial charge in [-0.15, -0.1) is 0 Å². The Hall–Kier alpha value is -2.34. The lowest BCUT2D eigenvalue weighted by atomic mass is 9.89. The number of benzene rings is 2. The summed E-state index contributed by atoms with van der Waals surface area (Å²) in [5.74, 6) is -0.304. The van der Waals surface area contributed by atoms with Gasteiger partial charge in [-0.25, -0.2) is 8.42 Å². The molecule has 1 N–H and O–H groups in total. The average molecular weight is 415 g/mol. The van der Waals surface area contributed by atoms with Crippen molar-refractivity contribution >= 4 is 21.6 Å². The molecule has 3 rings (SSSR count). The predicted octanol–water partition coefficient (Wildman–Crippen LogP) is 3.91. The molecule has 29 heavy (non-hydrogen) atoms. The fourth-order valence-electron chi connectivity index (χ4n) is 3.94. The maximum atomic E-state index is 12.8. The largest absolute Gasteiger partial charge is 0.348 e. The zero-order valence-electron chi connectivity index (χ0n) is 17.4. The lowest BCUT2D eigenvalue weighted by molar-refractivity contribution is -0.120. The smallest absolute Gasteiger partial charge is 0.241 e. The van der Waals surface area contributed by atoms with E-state index in [9.17, 15) is 13.2 Å². The molecule has 0 bridgehead atoms. The normalized spacial score (nSPS) is 14.7. The number of rotatable bonds is 7. The topological polar surface area (TPSA) is 66.5 Å². The number of nitrogens with zero attached hydrogens (tertiary/aromatic N) is 1. The van der Waals surface area contributed by atoms with Crippen LogP contribution in [-0.2, 0) is 27.7 Å². The van der Waals surface area contributed by atoms with E-state index in [4.69, 9.17) is 0 Å². The molecule has 1 aliphatic rings. The molecule has 5 nitrogen and oxygen atoms in total. The molecule has 0 aromatic heterocycles. The Bertz CT molecular complexity index is 985. The fraction of sp³-hybridized carbons (Fsp3) is 0.435. The second-order valence-electron chi connectivity index (χ2n) is 7.87. The number of nitrogens with one attached hydrogen (secondary N) is 1. The fourth-order valence-corrected chi connectivity index (χ4v) is 4.79. The minimum atomic E-state index is -3.58. The van der Waals surface area contributed by atoms with Gasteiger partial charge >= 0.3 is 0 Å². The molecule has 156 valence electrons. The molecule has 1 aliphatic carbocycles. The number of hydrogen-bond acceptors (Lipinski definition) is 3. The summed E-state index contributed by atoms with van der Waals surface area (Å²) in [6, 6.07) is 13.5. The van der Waals surface area contributed by atoms with Crippen LogP contribution in [0.2, 0.25) is 0 Å². The third kappa shape index (κ3) is 5.38. The van der Waals surface area contributed by atoms with E-state index >= 15 is 0 Å². The first-order valence-corrected chi connectivity index (χ1v) is 12.1. The third-order valence-corrected chi connectivity index (χ3v) is 6.64. The number of hydrogen-bond donors (Lipinski definition) is 1. The van der Waals surface area contributed by atoms with Crippen molar-refractivity contribution in [1.29, 1.82) is 0 Å². The van der Waals surface area contributed by atoms with Gasteiger partial charge in [-0.3, -0.25) is 9.10 Å². The molecule has 0 radical (unpaired) electrons. The maximum absolute atomic E-state index is 12.8. The van der Waals surface area contributed by atoms with Crippen LogP contribution in [0.3, 0.4) is 0 Å². The van der Waals surface area contributed by atoms with Crippen molar-refractivity contribution in [2.24, 2.45) is 0 Å². The molecule has 0 heterocycles. The summed E-state index contributed by atoms with van der Waals surface area (Å²) in [6.07, 6.45) is 6.53. The van der Waals surface area contributed by atoms with Crippen molar-refractivity contribution in [3.05, 3.63) is 64.7 Å². The highest BCUT2D eigenvalue weighted by atomic mass is 32.2. The van der Waals surface area contributed by atoms with E-state index in [0.29, 0.717) is 5.69 Å². The monoisotopic (exact) mass is 414 g/mol. The van der Waals surface area contributed by atoms with Crippen LogP contribution in [-0.4, -0.2) is 27.1 Å². The Kier molecular flexibility index (Phi) is 6.63. The minimum absolute atomic E-state index is 0.131. The second kappa shape index (κ2) is 8.99.